The van der Waals surface area contributed by atoms with E-state index in [-0.39, 0.29) is 11.6 Å². The number of hydrogen-bond donors (Lipinski definition) is 2. The standard InChI is InChI=1S/C19H15F3N4O2/c1-28-17(27)12-5-4-6-13(11-12)24-16-9-10-23-18(26-16)25-15-8-3-2-7-14(15)19(20,21)22/h2-11H,1H3,(H2,23,24,25,26). The summed E-state index contributed by atoms with van der Waals surface area (Å²) in [6, 6.07) is 13.1. The molecular weight excluding hydrogens is 373 g/mol. The maximum atomic E-state index is 13.1. The Hall–Kier alpha value is -3.62. The summed E-state index contributed by atoms with van der Waals surface area (Å²) in [5.74, 6) is -0.160. The van der Waals surface area contributed by atoms with Crippen molar-refractivity contribution in [2.24, 2.45) is 0 Å². The van der Waals surface area contributed by atoms with Crippen molar-refractivity contribution in [3.8, 4) is 0 Å². The minimum absolute atomic E-state index is 0.00850. The van der Waals surface area contributed by atoms with Crippen molar-refractivity contribution >= 4 is 29.1 Å². The topological polar surface area (TPSA) is 76.1 Å². The summed E-state index contributed by atoms with van der Waals surface area (Å²) in [4.78, 5) is 19.7. The number of nitrogens with one attached hydrogen (secondary N) is 2. The minimum atomic E-state index is -4.51. The lowest BCUT2D eigenvalue weighted by Gasteiger charge is -2.14. The van der Waals surface area contributed by atoms with Crippen LogP contribution in [0.15, 0.2) is 60.8 Å². The molecule has 0 saturated carbocycles. The molecule has 28 heavy (non-hydrogen) atoms. The Balaban J connectivity index is 1.82. The summed E-state index contributed by atoms with van der Waals surface area (Å²) in [5, 5.41) is 5.56. The van der Waals surface area contributed by atoms with E-state index in [2.05, 4.69) is 25.3 Å². The van der Waals surface area contributed by atoms with Crippen molar-refractivity contribution in [1.29, 1.82) is 0 Å². The van der Waals surface area contributed by atoms with E-state index in [1.807, 2.05) is 0 Å². The van der Waals surface area contributed by atoms with E-state index in [0.29, 0.717) is 17.1 Å². The maximum Gasteiger partial charge on any atom is 0.418 e. The number of ether oxygens (including phenoxy) is 1. The molecule has 0 aliphatic rings. The Labute approximate surface area is 158 Å². The number of halogens is 3. The van der Waals surface area contributed by atoms with Crippen LogP contribution in [0.4, 0.5) is 36.3 Å². The van der Waals surface area contributed by atoms with Gasteiger partial charge in [0.15, 0.2) is 0 Å². The highest BCUT2D eigenvalue weighted by molar-refractivity contribution is 5.90. The van der Waals surface area contributed by atoms with Gasteiger partial charge in [0.25, 0.3) is 0 Å². The zero-order valence-electron chi connectivity index (χ0n) is 14.6. The van der Waals surface area contributed by atoms with Crippen LogP contribution in [0.5, 0.6) is 0 Å². The van der Waals surface area contributed by atoms with Gasteiger partial charge in [-0.3, -0.25) is 0 Å². The van der Waals surface area contributed by atoms with Crippen molar-refractivity contribution in [3.05, 3.63) is 71.9 Å². The van der Waals surface area contributed by atoms with Gasteiger partial charge in [-0.25, -0.2) is 9.78 Å². The van der Waals surface area contributed by atoms with Crippen molar-refractivity contribution in [2.75, 3.05) is 17.7 Å². The molecule has 0 radical (unpaired) electrons. The summed E-state index contributed by atoms with van der Waals surface area (Å²) in [5.41, 5.74) is -0.0650. The summed E-state index contributed by atoms with van der Waals surface area (Å²) in [6.07, 6.45) is -3.11. The zero-order chi connectivity index (χ0) is 20.1. The molecule has 2 aromatic carbocycles. The van der Waals surface area contributed by atoms with E-state index in [1.165, 1.54) is 31.5 Å². The highest BCUT2D eigenvalue weighted by atomic mass is 19.4. The van der Waals surface area contributed by atoms with Gasteiger partial charge in [0, 0.05) is 11.9 Å². The minimum Gasteiger partial charge on any atom is -0.465 e. The molecule has 0 spiro atoms. The lowest BCUT2D eigenvalue weighted by atomic mass is 10.1. The first kappa shape index (κ1) is 19.2. The van der Waals surface area contributed by atoms with Gasteiger partial charge in [-0.05, 0) is 36.4 Å². The van der Waals surface area contributed by atoms with Crippen LogP contribution in [0.3, 0.4) is 0 Å². The number of benzene rings is 2. The first-order valence-electron chi connectivity index (χ1n) is 8.08. The summed E-state index contributed by atoms with van der Waals surface area (Å²) in [6.45, 7) is 0. The van der Waals surface area contributed by atoms with E-state index in [9.17, 15) is 18.0 Å². The van der Waals surface area contributed by atoms with Crippen LogP contribution >= 0.6 is 0 Å². The lowest BCUT2D eigenvalue weighted by molar-refractivity contribution is -0.136. The van der Waals surface area contributed by atoms with Gasteiger partial charge in [-0.2, -0.15) is 18.2 Å². The number of para-hydroxylation sites is 1. The van der Waals surface area contributed by atoms with Gasteiger partial charge in [0.05, 0.1) is 23.9 Å². The third-order valence-corrected chi connectivity index (χ3v) is 3.69. The Kier molecular flexibility index (Phi) is 5.44. The molecule has 0 amide bonds. The Bertz CT molecular complexity index is 993. The smallest absolute Gasteiger partial charge is 0.418 e. The first-order valence-corrected chi connectivity index (χ1v) is 8.08. The van der Waals surface area contributed by atoms with Crippen molar-refractivity contribution in [2.45, 2.75) is 6.18 Å². The van der Waals surface area contributed by atoms with E-state index < -0.39 is 17.7 Å². The number of methoxy groups -OCH3 is 1. The first-order chi connectivity index (χ1) is 13.4. The average Bonchev–Trinajstić information content (AvgIpc) is 2.67. The van der Waals surface area contributed by atoms with Crippen LogP contribution in [-0.2, 0) is 10.9 Å². The second-order valence-corrected chi connectivity index (χ2v) is 5.63. The molecule has 0 atom stereocenters. The molecular formula is C19H15F3N4O2. The fraction of sp³-hybridized carbons (Fsp3) is 0.105. The molecule has 9 heteroatoms. The fourth-order valence-electron chi connectivity index (χ4n) is 2.44. The predicted octanol–water partition coefficient (Wildman–Crippen LogP) is 4.77. The van der Waals surface area contributed by atoms with Crippen molar-refractivity contribution in [1.82, 2.24) is 9.97 Å². The normalized spacial score (nSPS) is 11.0. The Morgan fingerprint density at radius 2 is 1.82 bits per heavy atom. The van der Waals surface area contributed by atoms with Gasteiger partial charge < -0.3 is 15.4 Å². The summed E-state index contributed by atoms with van der Waals surface area (Å²) < 4.78 is 44.0. The average molecular weight is 388 g/mol. The highest BCUT2D eigenvalue weighted by Crippen LogP contribution is 2.35. The SMILES string of the molecule is COC(=O)c1cccc(Nc2ccnc(Nc3ccccc3C(F)(F)F)n2)c1. The van der Waals surface area contributed by atoms with Gasteiger partial charge >= 0.3 is 12.1 Å². The number of alkyl halides is 3. The second kappa shape index (κ2) is 7.95. The number of rotatable bonds is 5. The van der Waals surface area contributed by atoms with Crippen LogP contribution in [0.2, 0.25) is 0 Å². The molecule has 0 fully saturated rings. The van der Waals surface area contributed by atoms with Crippen LogP contribution < -0.4 is 10.6 Å². The third-order valence-electron chi connectivity index (χ3n) is 3.69. The van der Waals surface area contributed by atoms with E-state index in [0.717, 1.165) is 6.07 Å². The number of carbonyl (C=O) groups excluding carboxylic acids is 1. The van der Waals surface area contributed by atoms with Gasteiger partial charge in [-0.1, -0.05) is 18.2 Å². The van der Waals surface area contributed by atoms with Crippen LogP contribution in [0.1, 0.15) is 15.9 Å². The fourth-order valence-corrected chi connectivity index (χ4v) is 2.44. The van der Waals surface area contributed by atoms with Crippen LogP contribution in [0, 0.1) is 0 Å². The molecule has 3 aromatic rings. The number of esters is 1. The Morgan fingerprint density at radius 3 is 2.57 bits per heavy atom. The molecule has 0 unspecified atom stereocenters. The van der Waals surface area contributed by atoms with Gasteiger partial charge in [-0.15, -0.1) is 0 Å². The molecule has 2 N–H and O–H groups in total. The lowest BCUT2D eigenvalue weighted by Crippen LogP contribution is -2.09. The molecule has 0 saturated heterocycles. The second-order valence-electron chi connectivity index (χ2n) is 5.63. The molecule has 0 bridgehead atoms. The Morgan fingerprint density at radius 1 is 1.04 bits per heavy atom. The number of hydrogen-bond acceptors (Lipinski definition) is 6. The zero-order valence-corrected chi connectivity index (χ0v) is 14.6. The maximum absolute atomic E-state index is 13.1. The van der Waals surface area contributed by atoms with E-state index >= 15 is 0 Å². The highest BCUT2D eigenvalue weighted by Gasteiger charge is 2.33. The molecule has 1 heterocycles. The third kappa shape index (κ3) is 4.56. The summed E-state index contributed by atoms with van der Waals surface area (Å²) >= 11 is 0. The molecule has 0 aliphatic carbocycles. The molecule has 3 rings (SSSR count). The molecule has 144 valence electrons. The predicted molar refractivity (Wildman–Crippen MR) is 97.8 cm³/mol. The number of anilines is 4. The van der Waals surface area contributed by atoms with Crippen molar-refractivity contribution < 1.29 is 22.7 Å². The number of nitrogens with zero attached hydrogens (tertiary/aromatic N) is 2. The molecule has 1 aromatic heterocycles. The summed E-state index contributed by atoms with van der Waals surface area (Å²) in [7, 11) is 1.28. The molecule has 0 aliphatic heterocycles. The quantitative estimate of drug-likeness (QED) is 0.614. The molecule has 6 nitrogen and oxygen atoms in total. The van der Waals surface area contributed by atoms with Crippen molar-refractivity contribution in [3.63, 3.8) is 0 Å². The van der Waals surface area contributed by atoms with Crippen LogP contribution in [-0.4, -0.2) is 23.0 Å². The largest absolute Gasteiger partial charge is 0.465 e. The van der Waals surface area contributed by atoms with Gasteiger partial charge in [0.2, 0.25) is 5.95 Å². The number of carbonyl (C=O) groups is 1. The van der Waals surface area contributed by atoms with Gasteiger partial charge in [0.1, 0.15) is 5.82 Å². The van der Waals surface area contributed by atoms with E-state index in [4.69, 9.17) is 0 Å². The monoisotopic (exact) mass is 388 g/mol. The van der Waals surface area contributed by atoms with Crippen LogP contribution in [0.25, 0.3) is 0 Å². The number of aromatic nitrogens is 2. The van der Waals surface area contributed by atoms with E-state index in [1.54, 1.807) is 30.3 Å².